The van der Waals surface area contributed by atoms with Gasteiger partial charge in [0.15, 0.2) is 0 Å². The molecule has 140 valence electrons. The van der Waals surface area contributed by atoms with E-state index in [1.807, 2.05) is 6.07 Å². The second-order valence-corrected chi connectivity index (χ2v) is 8.46. The van der Waals surface area contributed by atoms with Gasteiger partial charge in [-0.2, -0.15) is 0 Å². The molecule has 25 heavy (non-hydrogen) atoms. The van der Waals surface area contributed by atoms with E-state index in [1.165, 1.54) is 37.9 Å². The monoisotopic (exact) mass is 364 g/mol. The van der Waals surface area contributed by atoms with Crippen LogP contribution in [0.1, 0.15) is 45.1 Å². The number of piperidine rings is 1. The second kappa shape index (κ2) is 11.4. The van der Waals surface area contributed by atoms with Crippen molar-refractivity contribution in [1.29, 1.82) is 0 Å². The van der Waals surface area contributed by atoms with Crippen molar-refractivity contribution in [3.63, 3.8) is 0 Å². The molecule has 0 aliphatic carbocycles. The number of nitrogens with zero attached hydrogens (tertiary/aromatic N) is 1. The second-order valence-electron chi connectivity index (χ2n) is 6.90. The Hall–Kier alpha value is -1.20. The summed E-state index contributed by atoms with van der Waals surface area (Å²) in [6.45, 7) is 8.94. The van der Waals surface area contributed by atoms with Crippen LogP contribution in [-0.4, -0.2) is 48.1 Å². The first-order valence-corrected chi connectivity index (χ1v) is 10.5. The van der Waals surface area contributed by atoms with E-state index >= 15 is 0 Å². The van der Waals surface area contributed by atoms with Gasteiger partial charge in [0.25, 0.3) is 0 Å². The summed E-state index contributed by atoms with van der Waals surface area (Å²) in [6.07, 6.45) is 4.83. The molecule has 1 fully saturated rings. The molecule has 1 N–H and O–H groups in total. The predicted molar refractivity (Wildman–Crippen MR) is 106 cm³/mol. The number of rotatable bonds is 10. The Morgan fingerprint density at radius 2 is 2.08 bits per heavy atom. The highest BCUT2D eigenvalue weighted by Crippen LogP contribution is 2.17. The normalized spacial score (nSPS) is 15.3. The molecule has 1 aliphatic rings. The van der Waals surface area contributed by atoms with Gasteiger partial charge < -0.3 is 10.1 Å². The van der Waals surface area contributed by atoms with Gasteiger partial charge in [0, 0.05) is 13.1 Å². The Morgan fingerprint density at radius 3 is 2.84 bits per heavy atom. The molecule has 0 aromatic heterocycles. The van der Waals surface area contributed by atoms with Gasteiger partial charge in [0.05, 0.1) is 12.4 Å². The van der Waals surface area contributed by atoms with Gasteiger partial charge in [0.2, 0.25) is 5.91 Å². The Morgan fingerprint density at radius 1 is 1.28 bits per heavy atom. The summed E-state index contributed by atoms with van der Waals surface area (Å²) in [4.78, 5) is 14.2. The number of thioether (sulfide) groups is 1. The molecule has 0 bridgehead atoms. The molecule has 1 saturated heterocycles. The molecule has 4 nitrogen and oxygen atoms in total. The number of hydrogen-bond donors (Lipinski definition) is 1. The number of hydrogen-bond acceptors (Lipinski definition) is 4. The zero-order valence-corrected chi connectivity index (χ0v) is 16.4. The largest absolute Gasteiger partial charge is 0.494 e. The third-order valence-electron chi connectivity index (χ3n) is 4.21. The molecule has 2 rings (SSSR count). The molecule has 1 aromatic rings. The van der Waals surface area contributed by atoms with Crippen molar-refractivity contribution in [2.45, 2.75) is 51.3 Å². The summed E-state index contributed by atoms with van der Waals surface area (Å²) in [6, 6.07) is 8.40. The van der Waals surface area contributed by atoms with Crippen molar-refractivity contribution in [2.75, 3.05) is 32.0 Å². The topological polar surface area (TPSA) is 41.6 Å². The molecule has 5 heteroatoms. The quantitative estimate of drug-likeness (QED) is 0.643. The SMILES string of the molecule is CC(C)SCC(=O)NCCCOc1cccc(CN2CCCCC2)c1. The van der Waals surface area contributed by atoms with E-state index in [9.17, 15) is 4.79 Å². The molecular formula is C20H32N2O2S. The van der Waals surface area contributed by atoms with E-state index in [-0.39, 0.29) is 5.91 Å². The van der Waals surface area contributed by atoms with Crippen molar-refractivity contribution in [1.82, 2.24) is 10.2 Å². The average Bonchev–Trinajstić information content (AvgIpc) is 2.61. The number of amides is 1. The summed E-state index contributed by atoms with van der Waals surface area (Å²) in [5.41, 5.74) is 1.32. The Kier molecular flexibility index (Phi) is 9.19. The summed E-state index contributed by atoms with van der Waals surface area (Å²) >= 11 is 1.67. The number of likely N-dealkylation sites (tertiary alicyclic amines) is 1. The molecule has 0 unspecified atom stereocenters. The average molecular weight is 365 g/mol. The van der Waals surface area contributed by atoms with Crippen LogP contribution >= 0.6 is 11.8 Å². The first-order chi connectivity index (χ1) is 12.1. The lowest BCUT2D eigenvalue weighted by Crippen LogP contribution is -2.29. The van der Waals surface area contributed by atoms with Gasteiger partial charge in [-0.25, -0.2) is 0 Å². The van der Waals surface area contributed by atoms with E-state index in [0.717, 1.165) is 18.7 Å². The maximum Gasteiger partial charge on any atom is 0.230 e. The van der Waals surface area contributed by atoms with Crippen LogP contribution in [0.2, 0.25) is 0 Å². The van der Waals surface area contributed by atoms with Gasteiger partial charge >= 0.3 is 0 Å². The molecule has 1 amide bonds. The van der Waals surface area contributed by atoms with Crippen molar-refractivity contribution in [2.24, 2.45) is 0 Å². The maximum atomic E-state index is 11.6. The molecule has 1 aliphatic heterocycles. The summed E-state index contributed by atoms with van der Waals surface area (Å²) in [5, 5.41) is 3.44. The third-order valence-corrected chi connectivity index (χ3v) is 5.31. The van der Waals surface area contributed by atoms with Gasteiger partial charge in [-0.3, -0.25) is 9.69 Å². The zero-order chi connectivity index (χ0) is 17.9. The Labute approximate surface area is 156 Å². The van der Waals surface area contributed by atoms with Crippen LogP contribution in [-0.2, 0) is 11.3 Å². The van der Waals surface area contributed by atoms with Crippen molar-refractivity contribution < 1.29 is 9.53 Å². The molecule has 0 saturated carbocycles. The fraction of sp³-hybridized carbons (Fsp3) is 0.650. The lowest BCUT2D eigenvalue weighted by Gasteiger charge is -2.26. The minimum atomic E-state index is 0.113. The van der Waals surface area contributed by atoms with Crippen molar-refractivity contribution in [3.8, 4) is 5.75 Å². The van der Waals surface area contributed by atoms with Crippen LogP contribution in [0.25, 0.3) is 0 Å². The Bertz CT molecular complexity index is 516. The standard InChI is InChI=1S/C20H32N2O2S/c1-17(2)25-16-20(23)21-10-7-13-24-19-9-6-8-18(14-19)15-22-11-4-3-5-12-22/h6,8-9,14,17H,3-5,7,10-13,15-16H2,1-2H3,(H,21,23). The molecule has 0 radical (unpaired) electrons. The Balaban J connectivity index is 1.62. The number of benzene rings is 1. The van der Waals surface area contributed by atoms with Crippen LogP contribution in [0, 0.1) is 0 Å². The number of ether oxygens (including phenoxy) is 1. The number of carbonyl (C=O) groups is 1. The minimum Gasteiger partial charge on any atom is -0.494 e. The molecule has 0 atom stereocenters. The van der Waals surface area contributed by atoms with Gasteiger partial charge in [-0.1, -0.05) is 32.4 Å². The van der Waals surface area contributed by atoms with E-state index in [4.69, 9.17) is 4.74 Å². The van der Waals surface area contributed by atoms with E-state index in [2.05, 4.69) is 42.3 Å². The van der Waals surface area contributed by atoms with Crippen LogP contribution < -0.4 is 10.1 Å². The first kappa shape index (κ1) is 20.1. The van der Waals surface area contributed by atoms with Crippen molar-refractivity contribution >= 4 is 17.7 Å². The van der Waals surface area contributed by atoms with Crippen molar-refractivity contribution in [3.05, 3.63) is 29.8 Å². The minimum absolute atomic E-state index is 0.113. The highest BCUT2D eigenvalue weighted by atomic mass is 32.2. The van der Waals surface area contributed by atoms with E-state index < -0.39 is 0 Å². The lowest BCUT2D eigenvalue weighted by molar-refractivity contribution is -0.118. The van der Waals surface area contributed by atoms with Crippen LogP contribution in [0.5, 0.6) is 5.75 Å². The van der Waals surface area contributed by atoms with E-state index in [0.29, 0.717) is 24.2 Å². The fourth-order valence-electron chi connectivity index (χ4n) is 2.89. The molecule has 1 heterocycles. The van der Waals surface area contributed by atoms with E-state index in [1.54, 1.807) is 11.8 Å². The van der Waals surface area contributed by atoms with Gasteiger partial charge in [0.1, 0.15) is 5.75 Å². The predicted octanol–water partition coefficient (Wildman–Crippen LogP) is 3.70. The molecule has 0 spiro atoms. The van der Waals surface area contributed by atoms with Crippen LogP contribution in [0.3, 0.4) is 0 Å². The third kappa shape index (κ3) is 8.63. The summed E-state index contributed by atoms with van der Waals surface area (Å²) < 4.78 is 5.84. The fourth-order valence-corrected chi connectivity index (χ4v) is 3.48. The summed E-state index contributed by atoms with van der Waals surface area (Å²) in [5.74, 6) is 1.58. The molecule has 1 aromatic carbocycles. The van der Waals surface area contributed by atoms with Gasteiger partial charge in [-0.05, 0) is 55.3 Å². The van der Waals surface area contributed by atoms with Crippen LogP contribution in [0.15, 0.2) is 24.3 Å². The lowest BCUT2D eigenvalue weighted by atomic mass is 10.1. The highest BCUT2D eigenvalue weighted by Gasteiger charge is 2.10. The van der Waals surface area contributed by atoms with Gasteiger partial charge in [-0.15, -0.1) is 11.8 Å². The number of carbonyl (C=O) groups excluding carboxylic acids is 1. The smallest absolute Gasteiger partial charge is 0.230 e. The molecular weight excluding hydrogens is 332 g/mol. The van der Waals surface area contributed by atoms with Crippen LogP contribution in [0.4, 0.5) is 0 Å². The highest BCUT2D eigenvalue weighted by molar-refractivity contribution is 8.00. The first-order valence-electron chi connectivity index (χ1n) is 9.46. The summed E-state index contributed by atoms with van der Waals surface area (Å²) in [7, 11) is 0. The zero-order valence-electron chi connectivity index (χ0n) is 15.6. The number of nitrogens with one attached hydrogen (secondary N) is 1. The maximum absolute atomic E-state index is 11.6.